The van der Waals surface area contributed by atoms with E-state index in [0.717, 1.165) is 12.1 Å². The maximum Gasteiger partial charge on any atom is 0.416 e. The molecular formula is C17H18F3N3O3S. The van der Waals surface area contributed by atoms with E-state index >= 15 is 0 Å². The average Bonchev–Trinajstić information content (AvgIpc) is 2.62. The molecule has 10 heteroatoms. The summed E-state index contributed by atoms with van der Waals surface area (Å²) in [6.45, 7) is 2.05. The van der Waals surface area contributed by atoms with Crippen molar-refractivity contribution in [1.29, 1.82) is 0 Å². The van der Waals surface area contributed by atoms with E-state index in [9.17, 15) is 21.6 Å². The number of benzene rings is 1. The third kappa shape index (κ3) is 4.56. The van der Waals surface area contributed by atoms with Crippen LogP contribution in [0.2, 0.25) is 0 Å². The molecule has 0 radical (unpaired) electrons. The van der Waals surface area contributed by atoms with Crippen LogP contribution in [0.4, 0.5) is 13.2 Å². The number of piperidine rings is 1. The van der Waals surface area contributed by atoms with Crippen molar-refractivity contribution in [2.45, 2.75) is 36.9 Å². The van der Waals surface area contributed by atoms with Gasteiger partial charge in [0, 0.05) is 25.4 Å². The van der Waals surface area contributed by atoms with E-state index in [1.165, 1.54) is 10.4 Å². The third-order valence-electron chi connectivity index (χ3n) is 4.24. The molecule has 1 aromatic heterocycles. The van der Waals surface area contributed by atoms with E-state index in [-0.39, 0.29) is 24.1 Å². The topological polar surface area (TPSA) is 72.4 Å². The maximum atomic E-state index is 12.8. The Hall–Kier alpha value is -2.20. The van der Waals surface area contributed by atoms with Crippen molar-refractivity contribution in [1.82, 2.24) is 14.3 Å². The lowest BCUT2D eigenvalue weighted by Crippen LogP contribution is -2.41. The van der Waals surface area contributed by atoms with Gasteiger partial charge in [-0.05, 0) is 38.0 Å². The van der Waals surface area contributed by atoms with E-state index in [0.29, 0.717) is 30.6 Å². The molecule has 6 nitrogen and oxygen atoms in total. The number of sulfonamides is 1. The van der Waals surface area contributed by atoms with Gasteiger partial charge in [-0.3, -0.25) is 0 Å². The number of ether oxygens (including phenoxy) is 1. The molecule has 0 unspecified atom stereocenters. The Kier molecular flexibility index (Phi) is 5.38. The second-order valence-electron chi connectivity index (χ2n) is 6.19. The van der Waals surface area contributed by atoms with Crippen molar-refractivity contribution in [3.63, 3.8) is 0 Å². The van der Waals surface area contributed by atoms with Gasteiger partial charge in [0.25, 0.3) is 0 Å². The van der Waals surface area contributed by atoms with Crippen LogP contribution in [0.3, 0.4) is 0 Å². The van der Waals surface area contributed by atoms with Crippen LogP contribution in [-0.4, -0.2) is 41.9 Å². The van der Waals surface area contributed by atoms with Gasteiger partial charge < -0.3 is 4.74 Å². The fourth-order valence-electron chi connectivity index (χ4n) is 2.84. The predicted octanol–water partition coefficient (Wildman–Crippen LogP) is 3.04. The summed E-state index contributed by atoms with van der Waals surface area (Å²) in [5.74, 6) is 0.985. The van der Waals surface area contributed by atoms with Gasteiger partial charge in [-0.2, -0.15) is 22.5 Å². The molecule has 0 spiro atoms. The van der Waals surface area contributed by atoms with Crippen LogP contribution in [0.15, 0.2) is 41.4 Å². The second-order valence-corrected chi connectivity index (χ2v) is 8.13. The first-order chi connectivity index (χ1) is 12.7. The Morgan fingerprint density at radius 3 is 2.52 bits per heavy atom. The summed E-state index contributed by atoms with van der Waals surface area (Å²) in [6.07, 6.45) is -2.40. The van der Waals surface area contributed by atoms with Crippen LogP contribution in [0.1, 0.15) is 24.2 Å². The summed E-state index contributed by atoms with van der Waals surface area (Å²) in [6, 6.07) is 5.42. The monoisotopic (exact) mass is 401 g/mol. The van der Waals surface area contributed by atoms with Gasteiger partial charge in [0.2, 0.25) is 15.9 Å². The van der Waals surface area contributed by atoms with E-state index in [1.54, 1.807) is 19.2 Å². The number of hydrogen-bond acceptors (Lipinski definition) is 5. The van der Waals surface area contributed by atoms with Gasteiger partial charge in [-0.1, -0.05) is 6.07 Å². The Balaban J connectivity index is 1.68. The van der Waals surface area contributed by atoms with Gasteiger partial charge in [-0.25, -0.2) is 13.4 Å². The first-order valence-electron chi connectivity index (χ1n) is 8.30. The molecule has 0 amide bonds. The highest BCUT2D eigenvalue weighted by Gasteiger charge is 2.34. The molecule has 0 atom stereocenters. The van der Waals surface area contributed by atoms with Crippen LogP contribution >= 0.6 is 0 Å². The Labute approximate surface area is 155 Å². The minimum Gasteiger partial charge on any atom is -0.474 e. The van der Waals surface area contributed by atoms with E-state index in [2.05, 4.69) is 9.97 Å². The fourth-order valence-corrected chi connectivity index (χ4v) is 4.36. The maximum absolute atomic E-state index is 12.8. The number of aromatic nitrogens is 2. The summed E-state index contributed by atoms with van der Waals surface area (Å²) in [5, 5.41) is 0. The third-order valence-corrected chi connectivity index (χ3v) is 6.13. The van der Waals surface area contributed by atoms with E-state index in [1.807, 2.05) is 0 Å². The molecule has 1 aliphatic heterocycles. The summed E-state index contributed by atoms with van der Waals surface area (Å²) >= 11 is 0. The normalized spacial score (nSPS) is 17.0. The molecule has 1 aromatic carbocycles. The van der Waals surface area contributed by atoms with Crippen molar-refractivity contribution in [3.8, 4) is 5.88 Å². The highest BCUT2D eigenvalue weighted by Crippen LogP contribution is 2.31. The second kappa shape index (κ2) is 7.43. The summed E-state index contributed by atoms with van der Waals surface area (Å²) in [7, 11) is -4.00. The van der Waals surface area contributed by atoms with E-state index in [4.69, 9.17) is 4.74 Å². The van der Waals surface area contributed by atoms with Crippen LogP contribution < -0.4 is 4.74 Å². The Bertz CT molecular complexity index is 911. The lowest BCUT2D eigenvalue weighted by Gasteiger charge is -2.31. The summed E-state index contributed by atoms with van der Waals surface area (Å²) in [5.41, 5.74) is -0.985. The van der Waals surface area contributed by atoms with Crippen molar-refractivity contribution in [2.24, 2.45) is 0 Å². The van der Waals surface area contributed by atoms with Gasteiger partial charge in [-0.15, -0.1) is 0 Å². The Morgan fingerprint density at radius 1 is 1.19 bits per heavy atom. The number of halogens is 3. The summed E-state index contributed by atoms with van der Waals surface area (Å²) in [4.78, 5) is 7.76. The minimum atomic E-state index is -4.60. The number of aryl methyl sites for hydroxylation is 1. The van der Waals surface area contributed by atoms with Crippen LogP contribution in [0.5, 0.6) is 5.88 Å². The molecule has 1 saturated heterocycles. The van der Waals surface area contributed by atoms with Gasteiger partial charge in [0.1, 0.15) is 11.9 Å². The quantitative estimate of drug-likeness (QED) is 0.788. The van der Waals surface area contributed by atoms with Crippen LogP contribution in [0, 0.1) is 6.92 Å². The SMILES string of the molecule is Cc1nccc(OC2CCN(S(=O)(=O)c3cccc(C(F)(F)F)c3)CC2)n1. The molecule has 0 bridgehead atoms. The van der Waals surface area contributed by atoms with E-state index < -0.39 is 21.8 Å². The molecular weight excluding hydrogens is 383 g/mol. The molecule has 1 fully saturated rings. The van der Waals surface area contributed by atoms with Gasteiger partial charge >= 0.3 is 6.18 Å². The predicted molar refractivity (Wildman–Crippen MR) is 90.6 cm³/mol. The van der Waals surface area contributed by atoms with Gasteiger partial charge in [0.05, 0.1) is 10.5 Å². The van der Waals surface area contributed by atoms with Crippen LogP contribution in [0.25, 0.3) is 0 Å². The number of alkyl halides is 3. The van der Waals surface area contributed by atoms with Crippen molar-refractivity contribution >= 4 is 10.0 Å². The zero-order valence-corrected chi connectivity index (χ0v) is 15.3. The fraction of sp³-hybridized carbons (Fsp3) is 0.412. The molecule has 146 valence electrons. The van der Waals surface area contributed by atoms with Crippen molar-refractivity contribution < 1.29 is 26.3 Å². The smallest absolute Gasteiger partial charge is 0.416 e. The minimum absolute atomic E-state index is 0.160. The number of nitrogens with zero attached hydrogens (tertiary/aromatic N) is 3. The van der Waals surface area contributed by atoms with Crippen molar-refractivity contribution in [2.75, 3.05) is 13.1 Å². The van der Waals surface area contributed by atoms with Crippen molar-refractivity contribution in [3.05, 3.63) is 47.9 Å². The molecule has 1 aliphatic rings. The average molecular weight is 401 g/mol. The highest BCUT2D eigenvalue weighted by molar-refractivity contribution is 7.89. The first kappa shape index (κ1) is 19.6. The lowest BCUT2D eigenvalue weighted by molar-refractivity contribution is -0.137. The standard InChI is InChI=1S/C17H18F3N3O3S/c1-12-21-8-5-16(22-12)26-14-6-9-23(10-7-14)27(24,25)15-4-2-3-13(11-15)17(18,19)20/h2-5,8,11,14H,6-7,9-10H2,1H3. The zero-order chi connectivity index (χ0) is 19.7. The summed E-state index contributed by atoms with van der Waals surface area (Å²) < 4.78 is 70.8. The molecule has 2 aromatic rings. The number of hydrogen-bond donors (Lipinski definition) is 0. The largest absolute Gasteiger partial charge is 0.474 e. The zero-order valence-electron chi connectivity index (χ0n) is 14.5. The number of rotatable bonds is 4. The Morgan fingerprint density at radius 2 is 1.89 bits per heavy atom. The van der Waals surface area contributed by atoms with Crippen LogP contribution in [-0.2, 0) is 16.2 Å². The molecule has 3 rings (SSSR count). The molecule has 0 N–H and O–H groups in total. The molecule has 0 saturated carbocycles. The first-order valence-corrected chi connectivity index (χ1v) is 9.74. The van der Waals surface area contributed by atoms with Gasteiger partial charge in [0.15, 0.2) is 0 Å². The highest BCUT2D eigenvalue weighted by atomic mass is 32.2. The lowest BCUT2D eigenvalue weighted by atomic mass is 10.1. The molecule has 2 heterocycles. The molecule has 27 heavy (non-hydrogen) atoms. The molecule has 0 aliphatic carbocycles.